The molecule has 1 aliphatic rings. The third-order valence-corrected chi connectivity index (χ3v) is 5.60. The van der Waals surface area contributed by atoms with Crippen molar-refractivity contribution < 1.29 is 4.79 Å². The monoisotopic (exact) mass is 399 g/mol. The Labute approximate surface area is 163 Å². The third-order valence-electron chi connectivity index (χ3n) is 4.45. The molecule has 25 heavy (non-hydrogen) atoms. The number of amides is 1. The molecular weight excluding hydrogens is 377 g/mol. The third kappa shape index (κ3) is 5.42. The van der Waals surface area contributed by atoms with Gasteiger partial charge in [0.25, 0.3) is 0 Å². The predicted molar refractivity (Wildman–Crippen MR) is 107 cm³/mol. The van der Waals surface area contributed by atoms with Crippen molar-refractivity contribution in [2.45, 2.75) is 39.2 Å². The van der Waals surface area contributed by atoms with Crippen molar-refractivity contribution in [2.24, 2.45) is 5.92 Å². The molecule has 1 amide bonds. The van der Waals surface area contributed by atoms with Crippen LogP contribution in [-0.2, 0) is 11.2 Å². The number of nitrogens with one attached hydrogen (secondary N) is 2. The van der Waals surface area contributed by atoms with Gasteiger partial charge in [-0.1, -0.05) is 17.7 Å². The number of hydrogen-bond acceptors (Lipinski definition) is 4. The zero-order valence-corrected chi connectivity index (χ0v) is 16.7. The first-order valence-corrected chi connectivity index (χ1v) is 9.44. The molecule has 1 aromatic heterocycles. The molecule has 2 N–H and O–H groups in total. The summed E-state index contributed by atoms with van der Waals surface area (Å²) in [4.78, 5) is 17.9. The Morgan fingerprint density at radius 3 is 3.00 bits per heavy atom. The molecule has 136 valence electrons. The lowest BCUT2D eigenvalue weighted by Gasteiger charge is -2.26. The van der Waals surface area contributed by atoms with Crippen molar-refractivity contribution in [1.29, 1.82) is 0 Å². The Morgan fingerprint density at radius 1 is 1.48 bits per heavy atom. The van der Waals surface area contributed by atoms with Crippen LogP contribution in [0.4, 0.5) is 5.13 Å². The van der Waals surface area contributed by atoms with Gasteiger partial charge in [-0.05, 0) is 56.5 Å². The van der Waals surface area contributed by atoms with Gasteiger partial charge in [0.05, 0.1) is 0 Å². The van der Waals surface area contributed by atoms with E-state index in [0.717, 1.165) is 35.7 Å². The molecule has 2 atom stereocenters. The second-order valence-electron chi connectivity index (χ2n) is 6.45. The van der Waals surface area contributed by atoms with E-state index in [-0.39, 0.29) is 24.2 Å². The van der Waals surface area contributed by atoms with Crippen molar-refractivity contribution in [3.8, 4) is 0 Å². The maximum atomic E-state index is 12.4. The first-order chi connectivity index (χ1) is 11.5. The predicted octanol–water partition coefficient (Wildman–Crippen LogP) is 4.44. The van der Waals surface area contributed by atoms with E-state index in [0.29, 0.717) is 11.2 Å². The molecule has 1 fully saturated rings. The maximum absolute atomic E-state index is 12.4. The summed E-state index contributed by atoms with van der Waals surface area (Å²) in [6.07, 6.45) is 4.42. The zero-order valence-electron chi connectivity index (χ0n) is 14.3. The lowest BCUT2D eigenvalue weighted by Crippen LogP contribution is -2.40. The number of carbonyl (C=O) groups excluding carboxylic acids is 1. The van der Waals surface area contributed by atoms with Gasteiger partial charge in [0.1, 0.15) is 0 Å². The fourth-order valence-electron chi connectivity index (χ4n) is 3.07. The van der Waals surface area contributed by atoms with Crippen molar-refractivity contribution in [3.05, 3.63) is 45.4 Å². The van der Waals surface area contributed by atoms with Gasteiger partial charge in [0, 0.05) is 34.5 Å². The highest BCUT2D eigenvalue weighted by Crippen LogP contribution is 2.25. The van der Waals surface area contributed by atoms with Gasteiger partial charge in [-0.25, -0.2) is 4.98 Å². The Balaban J connectivity index is 0.00000225. The molecule has 1 aliphatic heterocycles. The van der Waals surface area contributed by atoms with E-state index >= 15 is 0 Å². The summed E-state index contributed by atoms with van der Waals surface area (Å²) in [5, 5.41) is 7.79. The van der Waals surface area contributed by atoms with Crippen LogP contribution in [-0.4, -0.2) is 23.5 Å². The molecule has 4 nitrogen and oxygen atoms in total. The van der Waals surface area contributed by atoms with Crippen LogP contribution in [0.5, 0.6) is 0 Å². The molecule has 0 saturated carbocycles. The number of halogens is 2. The number of piperidine rings is 1. The van der Waals surface area contributed by atoms with E-state index in [9.17, 15) is 4.79 Å². The van der Waals surface area contributed by atoms with Gasteiger partial charge in [-0.2, -0.15) is 0 Å². The molecule has 0 radical (unpaired) electrons. The standard InChI is InChI=1S/C18H22ClN3OS.ClH/c1-11-7-15(19)4-3-13(11)9-16-10-21-18(24-16)22-17(23)14-5-6-20-12(2)8-14;/h3-4,7,10,12,14,20H,5-6,8-9H2,1-2H3,(H,21,22,23);1H/t12-,14-;/m0./s1. The number of nitrogens with zero attached hydrogens (tertiary/aromatic N) is 1. The molecule has 0 aliphatic carbocycles. The number of hydrogen-bond donors (Lipinski definition) is 2. The van der Waals surface area contributed by atoms with E-state index < -0.39 is 0 Å². The molecule has 2 aromatic rings. The van der Waals surface area contributed by atoms with Gasteiger partial charge in [-0.3, -0.25) is 4.79 Å². The van der Waals surface area contributed by atoms with Gasteiger partial charge in [0.2, 0.25) is 5.91 Å². The van der Waals surface area contributed by atoms with Crippen LogP contribution in [0.25, 0.3) is 0 Å². The number of rotatable bonds is 4. The van der Waals surface area contributed by atoms with Crippen molar-refractivity contribution in [1.82, 2.24) is 10.3 Å². The minimum absolute atomic E-state index is 0. The first kappa shape index (κ1) is 20.2. The molecule has 3 rings (SSSR count). The second-order valence-corrected chi connectivity index (χ2v) is 8.00. The van der Waals surface area contributed by atoms with E-state index in [2.05, 4.69) is 29.5 Å². The highest BCUT2D eigenvalue weighted by Gasteiger charge is 2.25. The van der Waals surface area contributed by atoms with Crippen LogP contribution in [0.2, 0.25) is 5.02 Å². The average Bonchev–Trinajstić information content (AvgIpc) is 2.97. The van der Waals surface area contributed by atoms with Crippen LogP contribution in [0.15, 0.2) is 24.4 Å². The lowest BCUT2D eigenvalue weighted by molar-refractivity contribution is -0.120. The molecule has 7 heteroatoms. The number of aromatic nitrogens is 1. The summed E-state index contributed by atoms with van der Waals surface area (Å²) in [7, 11) is 0. The van der Waals surface area contributed by atoms with E-state index in [1.54, 1.807) is 11.3 Å². The largest absolute Gasteiger partial charge is 0.314 e. The number of anilines is 1. The van der Waals surface area contributed by atoms with Crippen LogP contribution < -0.4 is 10.6 Å². The Hall–Kier alpha value is -1.14. The summed E-state index contributed by atoms with van der Waals surface area (Å²) < 4.78 is 0. The normalized spacial score (nSPS) is 20.0. The van der Waals surface area contributed by atoms with Gasteiger partial charge < -0.3 is 10.6 Å². The van der Waals surface area contributed by atoms with Crippen LogP contribution in [0.1, 0.15) is 35.8 Å². The summed E-state index contributed by atoms with van der Waals surface area (Å²) >= 11 is 7.55. The Morgan fingerprint density at radius 2 is 2.28 bits per heavy atom. The smallest absolute Gasteiger partial charge is 0.229 e. The summed E-state index contributed by atoms with van der Waals surface area (Å²) in [6.45, 7) is 5.08. The van der Waals surface area contributed by atoms with E-state index in [1.807, 2.05) is 24.4 Å². The molecular formula is C18H23Cl2N3OS. The molecule has 0 spiro atoms. The summed E-state index contributed by atoms with van der Waals surface area (Å²) in [5.74, 6) is 0.166. The maximum Gasteiger partial charge on any atom is 0.229 e. The van der Waals surface area contributed by atoms with Crippen LogP contribution >= 0.6 is 35.3 Å². The Kier molecular flexibility index (Phi) is 7.25. The number of benzene rings is 1. The molecule has 2 heterocycles. The lowest BCUT2D eigenvalue weighted by atomic mass is 9.93. The van der Waals surface area contributed by atoms with Gasteiger partial charge in [-0.15, -0.1) is 23.7 Å². The highest BCUT2D eigenvalue weighted by atomic mass is 35.5. The number of thiazole rings is 1. The molecule has 0 unspecified atom stereocenters. The summed E-state index contributed by atoms with van der Waals surface area (Å²) in [5.41, 5.74) is 2.40. The van der Waals surface area contributed by atoms with Crippen molar-refractivity contribution in [3.63, 3.8) is 0 Å². The molecule has 1 saturated heterocycles. The zero-order chi connectivity index (χ0) is 17.1. The minimum Gasteiger partial charge on any atom is -0.314 e. The van der Waals surface area contributed by atoms with Gasteiger partial charge in [0.15, 0.2) is 5.13 Å². The van der Waals surface area contributed by atoms with Crippen molar-refractivity contribution >= 4 is 46.4 Å². The van der Waals surface area contributed by atoms with Gasteiger partial charge >= 0.3 is 0 Å². The number of aryl methyl sites for hydroxylation is 1. The fraction of sp³-hybridized carbons (Fsp3) is 0.444. The van der Waals surface area contributed by atoms with E-state index in [1.165, 1.54) is 11.1 Å². The second kappa shape index (κ2) is 8.99. The first-order valence-electron chi connectivity index (χ1n) is 8.25. The van der Waals surface area contributed by atoms with Crippen molar-refractivity contribution in [2.75, 3.05) is 11.9 Å². The van der Waals surface area contributed by atoms with Crippen LogP contribution in [0, 0.1) is 12.8 Å². The Bertz CT molecular complexity index is 735. The molecule has 0 bridgehead atoms. The number of carbonyl (C=O) groups is 1. The fourth-order valence-corrected chi connectivity index (χ4v) is 4.13. The summed E-state index contributed by atoms with van der Waals surface area (Å²) in [6, 6.07) is 6.32. The highest BCUT2D eigenvalue weighted by molar-refractivity contribution is 7.15. The minimum atomic E-state index is 0. The average molecular weight is 400 g/mol. The van der Waals surface area contributed by atoms with Crippen LogP contribution in [0.3, 0.4) is 0 Å². The molecule has 1 aromatic carbocycles. The topological polar surface area (TPSA) is 54.0 Å². The van der Waals surface area contributed by atoms with E-state index in [4.69, 9.17) is 11.6 Å². The SMILES string of the molecule is Cc1cc(Cl)ccc1Cc1cnc(NC(=O)[C@H]2CCN[C@@H](C)C2)s1.Cl. The quantitative estimate of drug-likeness (QED) is 0.798.